The lowest BCUT2D eigenvalue weighted by Crippen LogP contribution is -2.00. The molecule has 2 rings (SSSR count). The van der Waals surface area contributed by atoms with Crippen LogP contribution in [0.15, 0.2) is 28.3 Å². The van der Waals surface area contributed by atoms with Crippen LogP contribution in [0.5, 0.6) is 0 Å². The molecule has 2 aromatic heterocycles. The Bertz CT molecular complexity index is 431. The van der Waals surface area contributed by atoms with Crippen LogP contribution in [-0.2, 0) is 6.42 Å². The summed E-state index contributed by atoms with van der Waals surface area (Å²) in [5.74, 6) is 1.19. The molecule has 14 heavy (non-hydrogen) atoms. The molecule has 4 heteroatoms. The van der Waals surface area contributed by atoms with Gasteiger partial charge >= 0.3 is 0 Å². The van der Waals surface area contributed by atoms with E-state index in [-0.39, 0.29) is 5.78 Å². The number of aryl methyl sites for hydroxylation is 1. The largest absolute Gasteiger partial charge is 0.458 e. The van der Waals surface area contributed by atoms with Crippen LogP contribution in [0.25, 0.3) is 0 Å². The van der Waals surface area contributed by atoms with Crippen molar-refractivity contribution in [1.29, 1.82) is 0 Å². The van der Waals surface area contributed by atoms with E-state index in [0.29, 0.717) is 12.2 Å². The van der Waals surface area contributed by atoms with Gasteiger partial charge in [0.15, 0.2) is 5.76 Å². The van der Waals surface area contributed by atoms with Crippen molar-refractivity contribution in [3.63, 3.8) is 0 Å². The van der Waals surface area contributed by atoms with E-state index in [9.17, 15) is 4.79 Å². The molecule has 0 aliphatic rings. The van der Waals surface area contributed by atoms with Gasteiger partial charge < -0.3 is 4.42 Å². The summed E-state index contributed by atoms with van der Waals surface area (Å²) in [4.78, 5) is 16.5. The maximum absolute atomic E-state index is 11.6. The number of furan rings is 1. The van der Waals surface area contributed by atoms with Gasteiger partial charge in [0.05, 0.1) is 11.9 Å². The Morgan fingerprint density at radius 2 is 2.43 bits per heavy atom. The lowest BCUT2D eigenvalue weighted by atomic mass is 10.2. The van der Waals surface area contributed by atoms with Crippen LogP contribution in [0.4, 0.5) is 0 Å². The first-order chi connectivity index (χ1) is 6.75. The maximum Gasteiger partial charge on any atom is 0.203 e. The fourth-order valence-corrected chi connectivity index (χ4v) is 1.75. The third-order valence-corrected chi connectivity index (χ3v) is 2.61. The molecule has 0 atom stereocenters. The molecule has 0 spiro atoms. The summed E-state index contributed by atoms with van der Waals surface area (Å²) in [7, 11) is 0. The highest BCUT2D eigenvalue weighted by molar-refractivity contribution is 7.09. The highest BCUT2D eigenvalue weighted by Crippen LogP contribution is 2.13. The topological polar surface area (TPSA) is 43.1 Å². The van der Waals surface area contributed by atoms with Crippen molar-refractivity contribution in [1.82, 2.24) is 4.98 Å². The van der Waals surface area contributed by atoms with Crippen molar-refractivity contribution in [2.75, 3.05) is 0 Å². The Balaban J connectivity index is 2.10. The van der Waals surface area contributed by atoms with E-state index in [4.69, 9.17) is 4.42 Å². The number of carbonyl (C=O) groups excluding carboxylic acids is 1. The molecule has 2 heterocycles. The molecule has 0 unspecified atom stereocenters. The van der Waals surface area contributed by atoms with Crippen molar-refractivity contribution < 1.29 is 9.21 Å². The quantitative estimate of drug-likeness (QED) is 0.726. The van der Waals surface area contributed by atoms with Crippen LogP contribution in [0.2, 0.25) is 0 Å². The molecule has 0 saturated carbocycles. The van der Waals surface area contributed by atoms with Crippen LogP contribution < -0.4 is 0 Å². The average Bonchev–Trinajstić information content (AvgIpc) is 2.75. The summed E-state index contributed by atoms with van der Waals surface area (Å²) < 4.78 is 5.23. The minimum atomic E-state index is 0.00218. The van der Waals surface area contributed by atoms with Gasteiger partial charge in [-0.05, 0) is 19.1 Å². The highest BCUT2D eigenvalue weighted by Gasteiger charge is 2.11. The van der Waals surface area contributed by atoms with E-state index in [0.717, 1.165) is 10.6 Å². The SMILES string of the molecule is Cc1ccc(C(=O)Cc2cncs2)o1. The first kappa shape index (κ1) is 9.15. The van der Waals surface area contributed by atoms with E-state index in [2.05, 4.69) is 4.98 Å². The van der Waals surface area contributed by atoms with Crippen LogP contribution in [0.1, 0.15) is 21.2 Å². The van der Waals surface area contributed by atoms with E-state index in [1.807, 2.05) is 6.92 Å². The van der Waals surface area contributed by atoms with Crippen molar-refractivity contribution in [2.24, 2.45) is 0 Å². The summed E-state index contributed by atoms with van der Waals surface area (Å²) in [5.41, 5.74) is 1.72. The van der Waals surface area contributed by atoms with Gasteiger partial charge in [-0.25, -0.2) is 0 Å². The smallest absolute Gasteiger partial charge is 0.203 e. The predicted molar refractivity (Wildman–Crippen MR) is 53.6 cm³/mol. The lowest BCUT2D eigenvalue weighted by Gasteiger charge is -1.92. The van der Waals surface area contributed by atoms with Crippen LogP contribution in [-0.4, -0.2) is 10.8 Å². The van der Waals surface area contributed by atoms with Gasteiger partial charge in [0, 0.05) is 11.1 Å². The third kappa shape index (κ3) is 1.90. The van der Waals surface area contributed by atoms with Gasteiger partial charge in [-0.2, -0.15) is 0 Å². The molecule has 0 saturated heterocycles. The second kappa shape index (κ2) is 3.75. The molecule has 3 nitrogen and oxygen atoms in total. The number of ketones is 1. The molecule has 2 aromatic rings. The van der Waals surface area contributed by atoms with Gasteiger partial charge in [-0.1, -0.05) is 0 Å². The molecule has 0 aliphatic heterocycles. The number of hydrogen-bond donors (Lipinski definition) is 0. The second-order valence-electron chi connectivity index (χ2n) is 2.98. The zero-order valence-corrected chi connectivity index (χ0v) is 8.50. The molecule has 0 bridgehead atoms. The monoisotopic (exact) mass is 207 g/mol. The van der Waals surface area contributed by atoms with Crippen molar-refractivity contribution in [3.05, 3.63) is 40.2 Å². The fraction of sp³-hybridized carbons (Fsp3) is 0.200. The Labute approximate surface area is 85.4 Å². The molecule has 0 aromatic carbocycles. The minimum absolute atomic E-state index is 0.00218. The molecule has 0 aliphatic carbocycles. The van der Waals surface area contributed by atoms with E-state index < -0.39 is 0 Å². The third-order valence-electron chi connectivity index (χ3n) is 1.83. The van der Waals surface area contributed by atoms with E-state index in [1.165, 1.54) is 11.3 Å². The zero-order chi connectivity index (χ0) is 9.97. The van der Waals surface area contributed by atoms with E-state index >= 15 is 0 Å². The number of nitrogens with zero attached hydrogens (tertiary/aromatic N) is 1. The number of carbonyl (C=O) groups is 1. The van der Waals surface area contributed by atoms with Crippen molar-refractivity contribution in [2.45, 2.75) is 13.3 Å². The highest BCUT2D eigenvalue weighted by atomic mass is 32.1. The second-order valence-corrected chi connectivity index (χ2v) is 3.95. The summed E-state index contributed by atoms with van der Waals surface area (Å²) in [6.07, 6.45) is 2.08. The average molecular weight is 207 g/mol. The molecule has 0 fully saturated rings. The Morgan fingerprint density at radius 3 is 3.00 bits per heavy atom. The van der Waals surface area contributed by atoms with Gasteiger partial charge in [0.2, 0.25) is 5.78 Å². The molecule has 0 N–H and O–H groups in total. The summed E-state index contributed by atoms with van der Waals surface area (Å²) >= 11 is 1.48. The van der Waals surface area contributed by atoms with Gasteiger partial charge in [0.1, 0.15) is 5.76 Å². The maximum atomic E-state index is 11.6. The first-order valence-electron chi connectivity index (χ1n) is 4.23. The Morgan fingerprint density at radius 1 is 1.57 bits per heavy atom. The Hall–Kier alpha value is -1.42. The van der Waals surface area contributed by atoms with Crippen LogP contribution in [0, 0.1) is 6.92 Å². The molecule has 0 radical (unpaired) electrons. The van der Waals surface area contributed by atoms with Gasteiger partial charge in [-0.3, -0.25) is 9.78 Å². The molecular weight excluding hydrogens is 198 g/mol. The molecule has 0 amide bonds. The predicted octanol–water partition coefficient (Wildman–Crippen LogP) is 2.47. The summed E-state index contributed by atoms with van der Waals surface area (Å²) in [5, 5.41) is 0. The van der Waals surface area contributed by atoms with E-state index in [1.54, 1.807) is 23.8 Å². The Kier molecular flexibility index (Phi) is 2.45. The number of rotatable bonds is 3. The van der Waals surface area contributed by atoms with Crippen LogP contribution >= 0.6 is 11.3 Å². The summed E-state index contributed by atoms with van der Waals surface area (Å²) in [6.45, 7) is 1.82. The fourth-order valence-electron chi connectivity index (χ4n) is 1.16. The lowest BCUT2D eigenvalue weighted by molar-refractivity contribution is 0.0966. The number of Topliss-reactive ketones (excluding diaryl/α,β-unsaturated/α-hetero) is 1. The molecule has 72 valence electrons. The number of hydrogen-bond acceptors (Lipinski definition) is 4. The molecular formula is C10H9NO2S. The number of aromatic nitrogens is 1. The van der Waals surface area contributed by atoms with Crippen LogP contribution in [0.3, 0.4) is 0 Å². The van der Waals surface area contributed by atoms with Crippen molar-refractivity contribution >= 4 is 17.1 Å². The summed E-state index contributed by atoms with van der Waals surface area (Å²) in [6, 6.07) is 3.50. The van der Waals surface area contributed by atoms with Gasteiger partial charge in [0.25, 0.3) is 0 Å². The minimum Gasteiger partial charge on any atom is -0.458 e. The standard InChI is InChI=1S/C10H9NO2S/c1-7-2-3-10(13-7)9(12)4-8-5-11-6-14-8/h2-3,5-6H,4H2,1H3. The normalized spacial score (nSPS) is 10.4. The van der Waals surface area contributed by atoms with Gasteiger partial charge in [-0.15, -0.1) is 11.3 Å². The zero-order valence-electron chi connectivity index (χ0n) is 7.69. The van der Waals surface area contributed by atoms with Crippen molar-refractivity contribution in [3.8, 4) is 0 Å². The number of thiazole rings is 1. The first-order valence-corrected chi connectivity index (χ1v) is 5.10.